The van der Waals surface area contributed by atoms with Crippen molar-refractivity contribution in [2.45, 2.75) is 12.7 Å². The van der Waals surface area contributed by atoms with E-state index in [0.717, 1.165) is 17.3 Å². The minimum Gasteiger partial charge on any atom is -0.364 e. The van der Waals surface area contributed by atoms with Gasteiger partial charge in [0.05, 0.1) is 12.1 Å². The summed E-state index contributed by atoms with van der Waals surface area (Å²) >= 11 is 1.47. The summed E-state index contributed by atoms with van der Waals surface area (Å²) in [7, 11) is 0. The molecule has 0 aliphatic rings. The van der Waals surface area contributed by atoms with Crippen LogP contribution in [0.5, 0.6) is 0 Å². The summed E-state index contributed by atoms with van der Waals surface area (Å²) < 4.78 is 36.8. The molecular formula is C10H8F3N3S. The van der Waals surface area contributed by atoms with Gasteiger partial charge in [-0.2, -0.15) is 13.2 Å². The molecule has 17 heavy (non-hydrogen) atoms. The first-order valence-corrected chi connectivity index (χ1v) is 5.59. The molecule has 3 nitrogen and oxygen atoms in total. The Bertz CT molecular complexity index is 465. The van der Waals surface area contributed by atoms with Crippen LogP contribution in [0, 0.1) is 0 Å². The Hall–Kier alpha value is -1.63. The van der Waals surface area contributed by atoms with Gasteiger partial charge >= 0.3 is 6.18 Å². The molecule has 0 saturated carbocycles. The summed E-state index contributed by atoms with van der Waals surface area (Å²) in [6.07, 6.45) is -1.87. The first-order valence-electron chi connectivity index (χ1n) is 4.71. The molecule has 0 radical (unpaired) electrons. The van der Waals surface area contributed by atoms with Crippen molar-refractivity contribution in [2.24, 2.45) is 0 Å². The Morgan fingerprint density at radius 2 is 2.06 bits per heavy atom. The van der Waals surface area contributed by atoms with Crippen LogP contribution in [-0.4, -0.2) is 9.97 Å². The number of hydrogen-bond acceptors (Lipinski definition) is 4. The Kier molecular flexibility index (Phi) is 3.28. The second-order valence-electron chi connectivity index (χ2n) is 3.21. The average molecular weight is 259 g/mol. The highest BCUT2D eigenvalue weighted by atomic mass is 32.1. The third-order valence-corrected chi connectivity index (χ3v) is 2.77. The first-order chi connectivity index (χ1) is 8.05. The Morgan fingerprint density at radius 1 is 1.24 bits per heavy atom. The van der Waals surface area contributed by atoms with Crippen LogP contribution in [0.15, 0.2) is 29.9 Å². The van der Waals surface area contributed by atoms with Crippen molar-refractivity contribution in [3.05, 3.63) is 40.5 Å². The maximum atomic E-state index is 12.3. The number of rotatable bonds is 3. The molecule has 0 spiro atoms. The molecule has 2 rings (SSSR count). The number of nitrogens with zero attached hydrogens (tertiary/aromatic N) is 2. The minimum absolute atomic E-state index is 0.396. The molecule has 0 atom stereocenters. The molecule has 0 bridgehead atoms. The smallest absolute Gasteiger partial charge is 0.364 e. The molecule has 0 fully saturated rings. The summed E-state index contributed by atoms with van der Waals surface area (Å²) in [4.78, 5) is 7.73. The van der Waals surface area contributed by atoms with Crippen LogP contribution in [0.3, 0.4) is 0 Å². The van der Waals surface area contributed by atoms with Crippen molar-refractivity contribution in [2.75, 3.05) is 5.32 Å². The van der Waals surface area contributed by atoms with Gasteiger partial charge in [0.2, 0.25) is 0 Å². The van der Waals surface area contributed by atoms with Crippen LogP contribution in [0.4, 0.5) is 19.0 Å². The fourth-order valence-electron chi connectivity index (χ4n) is 1.17. The maximum Gasteiger partial charge on any atom is 0.417 e. The van der Waals surface area contributed by atoms with E-state index in [1.807, 2.05) is 5.38 Å². The maximum absolute atomic E-state index is 12.3. The lowest BCUT2D eigenvalue weighted by Gasteiger charge is -2.07. The molecule has 2 heterocycles. The number of pyridine rings is 1. The van der Waals surface area contributed by atoms with Crippen molar-refractivity contribution in [3.8, 4) is 0 Å². The van der Waals surface area contributed by atoms with Crippen LogP contribution in [0.25, 0.3) is 0 Å². The van der Waals surface area contributed by atoms with Crippen LogP contribution >= 0.6 is 11.3 Å². The quantitative estimate of drug-likeness (QED) is 0.920. The fraction of sp³-hybridized carbons (Fsp3) is 0.200. The standard InChI is InChI=1S/C10H8F3N3S/c11-10(12,13)7-1-2-8(15-5-7)16-6-9-14-3-4-17-9/h1-5H,6H2,(H,15,16). The van der Waals surface area contributed by atoms with Gasteiger partial charge in [-0.3, -0.25) is 0 Å². The van der Waals surface area contributed by atoms with Crippen molar-refractivity contribution >= 4 is 17.2 Å². The Balaban J connectivity index is 1.99. The van der Waals surface area contributed by atoms with E-state index in [9.17, 15) is 13.2 Å². The van der Waals surface area contributed by atoms with Crippen molar-refractivity contribution < 1.29 is 13.2 Å². The summed E-state index contributed by atoms with van der Waals surface area (Å²) in [6, 6.07) is 2.30. The van der Waals surface area contributed by atoms with Crippen molar-refractivity contribution in [3.63, 3.8) is 0 Å². The number of nitrogens with one attached hydrogen (secondary N) is 1. The van der Waals surface area contributed by atoms with Crippen LogP contribution in [0.2, 0.25) is 0 Å². The highest BCUT2D eigenvalue weighted by Crippen LogP contribution is 2.28. The third kappa shape index (κ3) is 3.16. The van der Waals surface area contributed by atoms with E-state index in [2.05, 4.69) is 15.3 Å². The van der Waals surface area contributed by atoms with Gasteiger partial charge in [0.25, 0.3) is 0 Å². The van der Waals surface area contributed by atoms with Crippen LogP contribution < -0.4 is 5.32 Å². The van der Waals surface area contributed by atoms with E-state index in [0.29, 0.717) is 12.4 Å². The molecule has 7 heteroatoms. The lowest BCUT2D eigenvalue weighted by atomic mass is 10.3. The van der Waals surface area contributed by atoms with Crippen LogP contribution in [0.1, 0.15) is 10.6 Å². The zero-order chi connectivity index (χ0) is 12.3. The van der Waals surface area contributed by atoms with E-state index >= 15 is 0 Å². The fourth-order valence-corrected chi connectivity index (χ4v) is 1.73. The molecule has 0 aliphatic carbocycles. The topological polar surface area (TPSA) is 37.8 Å². The summed E-state index contributed by atoms with van der Waals surface area (Å²) in [5, 5.41) is 5.58. The molecule has 0 aliphatic heterocycles. The predicted octanol–water partition coefficient (Wildman–Crippen LogP) is 3.17. The normalized spacial score (nSPS) is 11.5. The molecule has 0 amide bonds. The van der Waals surface area contributed by atoms with Gasteiger partial charge in [-0.25, -0.2) is 9.97 Å². The summed E-state index contributed by atoms with van der Waals surface area (Å²) in [5.41, 5.74) is -0.753. The largest absolute Gasteiger partial charge is 0.417 e. The van der Waals surface area contributed by atoms with Crippen molar-refractivity contribution in [1.29, 1.82) is 0 Å². The summed E-state index contributed by atoms with van der Waals surface area (Å²) in [5.74, 6) is 0.396. The number of alkyl halides is 3. The molecular weight excluding hydrogens is 251 g/mol. The van der Waals surface area contributed by atoms with E-state index in [-0.39, 0.29) is 0 Å². The molecule has 90 valence electrons. The molecule has 2 aromatic heterocycles. The van der Waals surface area contributed by atoms with Gasteiger partial charge in [-0.05, 0) is 12.1 Å². The SMILES string of the molecule is FC(F)(F)c1ccc(NCc2nccs2)nc1. The zero-order valence-corrected chi connectivity index (χ0v) is 9.35. The predicted molar refractivity (Wildman–Crippen MR) is 58.7 cm³/mol. The second-order valence-corrected chi connectivity index (χ2v) is 4.19. The van der Waals surface area contributed by atoms with E-state index < -0.39 is 11.7 Å². The van der Waals surface area contributed by atoms with Gasteiger partial charge in [0, 0.05) is 17.8 Å². The number of aromatic nitrogens is 2. The monoisotopic (exact) mass is 259 g/mol. The number of halogens is 3. The molecule has 0 unspecified atom stereocenters. The minimum atomic E-state index is -4.35. The highest BCUT2D eigenvalue weighted by Gasteiger charge is 2.30. The molecule has 2 aromatic rings. The van der Waals surface area contributed by atoms with Gasteiger partial charge in [0.15, 0.2) is 0 Å². The van der Waals surface area contributed by atoms with Gasteiger partial charge in [-0.1, -0.05) is 0 Å². The lowest BCUT2D eigenvalue weighted by molar-refractivity contribution is -0.137. The Morgan fingerprint density at radius 3 is 2.59 bits per heavy atom. The Labute approximate surface area is 99.3 Å². The number of anilines is 1. The highest BCUT2D eigenvalue weighted by molar-refractivity contribution is 7.09. The number of hydrogen-bond donors (Lipinski definition) is 1. The van der Waals surface area contributed by atoms with Gasteiger partial charge < -0.3 is 5.32 Å². The van der Waals surface area contributed by atoms with E-state index in [4.69, 9.17) is 0 Å². The second kappa shape index (κ2) is 4.70. The van der Waals surface area contributed by atoms with E-state index in [1.165, 1.54) is 17.4 Å². The first kappa shape index (κ1) is 11.8. The molecule has 0 saturated heterocycles. The van der Waals surface area contributed by atoms with Crippen LogP contribution in [-0.2, 0) is 12.7 Å². The van der Waals surface area contributed by atoms with Crippen molar-refractivity contribution in [1.82, 2.24) is 9.97 Å². The third-order valence-electron chi connectivity index (χ3n) is 2.00. The van der Waals surface area contributed by atoms with Gasteiger partial charge in [-0.15, -0.1) is 11.3 Å². The average Bonchev–Trinajstić information content (AvgIpc) is 2.78. The molecule has 0 aromatic carbocycles. The zero-order valence-electron chi connectivity index (χ0n) is 8.53. The lowest BCUT2D eigenvalue weighted by Crippen LogP contribution is -2.07. The molecule has 1 N–H and O–H groups in total. The number of thiazole rings is 1. The van der Waals surface area contributed by atoms with Gasteiger partial charge in [0.1, 0.15) is 10.8 Å². The summed E-state index contributed by atoms with van der Waals surface area (Å²) in [6.45, 7) is 0.454. The van der Waals surface area contributed by atoms with E-state index in [1.54, 1.807) is 6.20 Å².